The van der Waals surface area contributed by atoms with Crippen molar-refractivity contribution in [3.8, 4) is 11.6 Å². The van der Waals surface area contributed by atoms with Crippen LogP contribution in [-0.4, -0.2) is 24.7 Å². The molecule has 2 aromatic rings. The van der Waals surface area contributed by atoms with Crippen molar-refractivity contribution in [2.24, 2.45) is 0 Å². The molecule has 136 valence electrons. The lowest BCUT2D eigenvalue weighted by molar-refractivity contribution is -0.611. The van der Waals surface area contributed by atoms with E-state index in [4.69, 9.17) is 19.9 Å². The first kappa shape index (κ1) is 18.0. The van der Waals surface area contributed by atoms with Gasteiger partial charge in [-0.2, -0.15) is 0 Å². The molecule has 1 atom stereocenters. The summed E-state index contributed by atoms with van der Waals surface area (Å²) < 4.78 is 16.6. The molecule has 1 aliphatic rings. The number of carbonyl (C=O) groups is 1. The first-order valence-corrected chi connectivity index (χ1v) is 8.19. The van der Waals surface area contributed by atoms with Crippen LogP contribution in [0.2, 0.25) is 0 Å². The summed E-state index contributed by atoms with van der Waals surface area (Å²) in [6, 6.07) is 6.17. The number of hydrogen-bond donors (Lipinski definition) is 2. The van der Waals surface area contributed by atoms with E-state index in [1.807, 2.05) is 6.92 Å². The highest BCUT2D eigenvalue weighted by molar-refractivity contribution is 6.62. The van der Waals surface area contributed by atoms with Crippen LogP contribution in [0.25, 0.3) is 0 Å². The third kappa shape index (κ3) is 3.58. The zero-order valence-electron chi connectivity index (χ0n) is 14.5. The van der Waals surface area contributed by atoms with Crippen LogP contribution in [0.3, 0.4) is 0 Å². The molecular weight excluding hydrogens is 339 g/mol. The number of nitrogen functional groups attached to an aromatic ring is 1. The Morgan fingerprint density at radius 2 is 2.23 bits per heavy atom. The van der Waals surface area contributed by atoms with E-state index in [2.05, 4.69) is 0 Å². The van der Waals surface area contributed by atoms with Crippen molar-refractivity contribution in [3.63, 3.8) is 0 Å². The summed E-state index contributed by atoms with van der Waals surface area (Å²) in [6.45, 7) is 3.82. The molecule has 0 fully saturated rings. The lowest BCUT2D eigenvalue weighted by atomic mass is 9.77. The Morgan fingerprint density at radius 3 is 2.96 bits per heavy atom. The normalized spacial score (nSPS) is 15.7. The summed E-state index contributed by atoms with van der Waals surface area (Å²) in [5, 5.41) is 22.0. The maximum absolute atomic E-state index is 11.8. The van der Waals surface area contributed by atoms with Crippen LogP contribution >= 0.6 is 0 Å². The number of carbonyl (C=O) groups excluding carboxylic acids is 1. The fourth-order valence-corrected chi connectivity index (χ4v) is 2.99. The molecule has 0 saturated heterocycles. The molecular formula is C17H19BN2O6. The summed E-state index contributed by atoms with van der Waals surface area (Å²) in [7, 11) is -1.19. The molecule has 1 aromatic carbocycles. The van der Waals surface area contributed by atoms with Crippen LogP contribution in [0.4, 0.5) is 5.69 Å². The van der Waals surface area contributed by atoms with Crippen LogP contribution < -0.4 is 20.7 Å². The zero-order valence-corrected chi connectivity index (χ0v) is 14.5. The monoisotopic (exact) mass is 358 g/mol. The number of pyridine rings is 1. The first-order valence-electron chi connectivity index (χ1n) is 8.19. The van der Waals surface area contributed by atoms with Gasteiger partial charge in [-0.3, -0.25) is 4.79 Å². The zero-order chi connectivity index (χ0) is 18.8. The Bertz CT molecular complexity index is 844. The van der Waals surface area contributed by atoms with Gasteiger partial charge in [-0.05, 0) is 42.6 Å². The number of benzene rings is 1. The number of esters is 1. The van der Waals surface area contributed by atoms with E-state index < -0.39 is 19.2 Å². The highest BCUT2D eigenvalue weighted by Crippen LogP contribution is 2.33. The Labute approximate surface area is 150 Å². The van der Waals surface area contributed by atoms with E-state index in [1.165, 1.54) is 18.3 Å². The van der Waals surface area contributed by atoms with Gasteiger partial charge in [0.1, 0.15) is 5.75 Å². The lowest BCUT2D eigenvalue weighted by Gasteiger charge is -2.14. The quantitative estimate of drug-likeness (QED) is 0.350. The van der Waals surface area contributed by atoms with Crippen LogP contribution in [0.5, 0.6) is 11.6 Å². The van der Waals surface area contributed by atoms with Gasteiger partial charge < -0.3 is 30.1 Å². The maximum Gasteiger partial charge on any atom is 0.492 e. The number of aromatic nitrogens is 1. The number of fused-ring (bicyclic) bond motifs is 1. The Morgan fingerprint density at radius 1 is 1.46 bits per heavy atom. The molecule has 0 spiro atoms. The maximum atomic E-state index is 11.8. The van der Waals surface area contributed by atoms with Crippen LogP contribution in [0.1, 0.15) is 30.6 Å². The van der Waals surface area contributed by atoms with Crippen LogP contribution in [-0.2, 0) is 14.2 Å². The second-order valence-corrected chi connectivity index (χ2v) is 5.96. The van der Waals surface area contributed by atoms with Gasteiger partial charge in [0.05, 0.1) is 25.2 Å². The van der Waals surface area contributed by atoms with Gasteiger partial charge in [0, 0.05) is 11.8 Å². The number of rotatable bonds is 5. The Hall–Kier alpha value is -2.78. The molecule has 0 amide bonds. The summed E-state index contributed by atoms with van der Waals surface area (Å²) in [6.07, 6.45) is 0.664. The highest BCUT2D eigenvalue weighted by atomic mass is 16.6. The number of nitrogens with zero attached hydrogens (tertiary/aromatic N) is 1. The number of ether oxygens (including phenoxy) is 2. The van der Waals surface area contributed by atoms with Gasteiger partial charge >= 0.3 is 19.0 Å². The van der Waals surface area contributed by atoms with Crippen molar-refractivity contribution < 1.29 is 28.7 Å². The standard InChI is InChI=1S/C17H19BN2O6/c1-3-24-16(21)9-14-17-10(2)6-12(8-13(17)18(22)26-14)25-15-7-11(19)4-5-20(15)23/h4-8,14,22H,3,9,19H2,1-2H3. The van der Waals surface area contributed by atoms with E-state index in [0.717, 1.165) is 11.1 Å². The number of anilines is 1. The van der Waals surface area contributed by atoms with Gasteiger partial charge in [0.2, 0.25) is 0 Å². The predicted octanol–water partition coefficient (Wildman–Crippen LogP) is 0.715. The van der Waals surface area contributed by atoms with Gasteiger partial charge in [0.15, 0.2) is 6.20 Å². The third-order valence-corrected chi connectivity index (χ3v) is 4.06. The van der Waals surface area contributed by atoms with E-state index in [0.29, 0.717) is 21.6 Å². The van der Waals surface area contributed by atoms with Crippen molar-refractivity contribution in [2.75, 3.05) is 12.3 Å². The highest BCUT2D eigenvalue weighted by Gasteiger charge is 2.38. The summed E-state index contributed by atoms with van der Waals surface area (Å²) in [5.74, 6) is -0.0267. The molecule has 0 bridgehead atoms. The number of nitrogens with two attached hydrogens (primary N) is 1. The minimum absolute atomic E-state index is 0.00865. The van der Waals surface area contributed by atoms with Crippen LogP contribution in [0, 0.1) is 12.1 Å². The molecule has 8 nitrogen and oxygen atoms in total. The minimum Gasteiger partial charge on any atom is -0.616 e. The van der Waals surface area contributed by atoms with Crippen LogP contribution in [0.15, 0.2) is 30.5 Å². The fraction of sp³-hybridized carbons (Fsp3) is 0.294. The van der Waals surface area contributed by atoms with Crippen molar-refractivity contribution in [2.45, 2.75) is 26.4 Å². The molecule has 0 aliphatic carbocycles. The summed E-state index contributed by atoms with van der Waals surface area (Å²) in [4.78, 5) is 11.7. The van der Waals surface area contributed by atoms with E-state index in [-0.39, 0.29) is 18.9 Å². The van der Waals surface area contributed by atoms with Crippen molar-refractivity contribution in [3.05, 3.63) is 46.8 Å². The van der Waals surface area contributed by atoms with Gasteiger partial charge in [-0.15, -0.1) is 4.73 Å². The van der Waals surface area contributed by atoms with Crippen molar-refractivity contribution in [1.82, 2.24) is 0 Å². The molecule has 9 heteroatoms. The Balaban J connectivity index is 1.89. The average molecular weight is 358 g/mol. The third-order valence-electron chi connectivity index (χ3n) is 4.06. The Kier molecular flexibility index (Phi) is 5.01. The van der Waals surface area contributed by atoms with Gasteiger partial charge in [-0.1, -0.05) is 0 Å². The van der Waals surface area contributed by atoms with E-state index in [9.17, 15) is 15.0 Å². The second-order valence-electron chi connectivity index (χ2n) is 5.96. The number of hydrogen-bond acceptors (Lipinski definition) is 7. The average Bonchev–Trinajstić information content (AvgIpc) is 2.87. The molecule has 0 radical (unpaired) electrons. The molecule has 3 rings (SSSR count). The fourth-order valence-electron chi connectivity index (χ4n) is 2.99. The summed E-state index contributed by atoms with van der Waals surface area (Å²) >= 11 is 0. The van der Waals surface area contributed by atoms with E-state index >= 15 is 0 Å². The van der Waals surface area contributed by atoms with Gasteiger partial charge in [-0.25, -0.2) is 0 Å². The second kappa shape index (κ2) is 7.23. The SMILES string of the molecule is CCOC(=O)CC1OB(O)c2cc(Oc3cc(N)cc[n+]3[O-])cc(C)c21. The minimum atomic E-state index is -1.19. The van der Waals surface area contributed by atoms with Gasteiger partial charge in [0.25, 0.3) is 0 Å². The lowest BCUT2D eigenvalue weighted by Crippen LogP contribution is -2.29. The largest absolute Gasteiger partial charge is 0.616 e. The number of aryl methyl sites for hydroxylation is 1. The molecule has 1 aromatic heterocycles. The summed E-state index contributed by atoms with van der Waals surface area (Å²) in [5.41, 5.74) is 8.05. The molecule has 2 heterocycles. The first-order chi connectivity index (χ1) is 12.4. The molecule has 3 N–H and O–H groups in total. The molecule has 26 heavy (non-hydrogen) atoms. The molecule has 1 unspecified atom stereocenters. The topological polar surface area (TPSA) is 118 Å². The van der Waals surface area contributed by atoms with E-state index in [1.54, 1.807) is 19.1 Å². The smallest absolute Gasteiger partial charge is 0.492 e. The van der Waals surface area contributed by atoms with Crippen molar-refractivity contribution >= 4 is 24.2 Å². The van der Waals surface area contributed by atoms with Crippen molar-refractivity contribution in [1.29, 1.82) is 0 Å². The predicted molar refractivity (Wildman–Crippen MR) is 93.8 cm³/mol. The molecule has 1 aliphatic heterocycles. The molecule has 0 saturated carbocycles.